The predicted molar refractivity (Wildman–Crippen MR) is 77.2 cm³/mol. The molecule has 0 unspecified atom stereocenters. The van der Waals surface area contributed by atoms with E-state index in [1.807, 2.05) is 0 Å². The molecule has 20 heavy (non-hydrogen) atoms. The van der Waals surface area contributed by atoms with Crippen molar-refractivity contribution in [3.05, 3.63) is 59.7 Å². The van der Waals surface area contributed by atoms with Gasteiger partial charge in [-0.3, -0.25) is 4.79 Å². The number of hydrogen-bond acceptors (Lipinski definition) is 4. The van der Waals surface area contributed by atoms with E-state index in [1.54, 1.807) is 42.5 Å². The molecule has 0 aromatic heterocycles. The van der Waals surface area contributed by atoms with Gasteiger partial charge in [-0.15, -0.1) is 0 Å². The first-order valence-electron chi connectivity index (χ1n) is 5.65. The lowest BCUT2D eigenvalue weighted by Gasteiger charge is -1.97. The van der Waals surface area contributed by atoms with Crippen molar-refractivity contribution in [2.45, 2.75) is 0 Å². The zero-order valence-corrected chi connectivity index (χ0v) is 10.6. The number of amides is 1. The Morgan fingerprint density at radius 1 is 0.800 bits per heavy atom. The third-order valence-electron chi connectivity index (χ3n) is 2.42. The van der Waals surface area contributed by atoms with E-state index in [-0.39, 0.29) is 5.56 Å². The Labute approximate surface area is 115 Å². The lowest BCUT2D eigenvalue weighted by atomic mass is 10.2. The van der Waals surface area contributed by atoms with E-state index in [4.69, 9.17) is 22.3 Å². The summed E-state index contributed by atoms with van der Waals surface area (Å²) in [6.07, 6.45) is 0. The molecule has 0 fully saturated rings. The van der Waals surface area contributed by atoms with Gasteiger partial charge >= 0.3 is 5.97 Å². The fraction of sp³-hybridized carbons (Fsp3) is 0. The maximum Gasteiger partial charge on any atom is 0.337 e. The highest BCUT2D eigenvalue weighted by Crippen LogP contribution is 2.09. The van der Waals surface area contributed by atoms with Crippen LogP contribution in [0, 0.1) is 0 Å². The summed E-state index contributed by atoms with van der Waals surface area (Å²) in [7, 11) is 0. The van der Waals surface area contributed by atoms with Crippen LogP contribution < -0.4 is 17.2 Å². The molecule has 0 bridgehead atoms. The Balaban J connectivity index is 0.000000200. The molecule has 0 aliphatic rings. The van der Waals surface area contributed by atoms with Crippen LogP contribution in [-0.4, -0.2) is 17.0 Å². The molecule has 0 spiro atoms. The summed E-state index contributed by atoms with van der Waals surface area (Å²) in [5.41, 5.74) is 17.0. The molecule has 0 atom stereocenters. The maximum atomic E-state index is 10.6. The average Bonchev–Trinajstić information content (AvgIpc) is 2.40. The molecular formula is C14H15N3O3. The number of benzene rings is 2. The third kappa shape index (κ3) is 4.02. The molecular weight excluding hydrogens is 258 g/mol. The number of carbonyl (C=O) groups is 2. The maximum absolute atomic E-state index is 10.6. The van der Waals surface area contributed by atoms with Gasteiger partial charge in [-0.1, -0.05) is 24.3 Å². The fourth-order valence-electron chi connectivity index (χ4n) is 1.41. The van der Waals surface area contributed by atoms with Gasteiger partial charge in [0.2, 0.25) is 0 Å². The minimum absolute atomic E-state index is 0.155. The van der Waals surface area contributed by atoms with Crippen molar-refractivity contribution in [3.63, 3.8) is 0 Å². The van der Waals surface area contributed by atoms with Crippen LogP contribution in [0.15, 0.2) is 48.5 Å². The van der Waals surface area contributed by atoms with E-state index in [9.17, 15) is 9.59 Å². The van der Waals surface area contributed by atoms with Crippen molar-refractivity contribution >= 4 is 23.3 Å². The van der Waals surface area contributed by atoms with Crippen molar-refractivity contribution in [2.24, 2.45) is 5.73 Å². The molecule has 0 radical (unpaired) electrons. The summed E-state index contributed by atoms with van der Waals surface area (Å²) in [5, 5.41) is 8.49. The van der Waals surface area contributed by atoms with Gasteiger partial charge in [-0.25, -0.2) is 4.79 Å². The second-order valence-electron chi connectivity index (χ2n) is 3.84. The van der Waals surface area contributed by atoms with E-state index in [0.717, 1.165) is 0 Å². The molecule has 0 saturated heterocycles. The molecule has 2 aromatic rings. The predicted octanol–water partition coefficient (Wildman–Crippen LogP) is 1.33. The summed E-state index contributed by atoms with van der Waals surface area (Å²) in [4.78, 5) is 20.9. The first-order chi connectivity index (χ1) is 9.43. The van der Waals surface area contributed by atoms with Crippen LogP contribution in [0.25, 0.3) is 0 Å². The third-order valence-corrected chi connectivity index (χ3v) is 2.42. The molecule has 2 rings (SSSR count). The lowest BCUT2D eigenvalue weighted by Crippen LogP contribution is -2.12. The molecule has 7 N–H and O–H groups in total. The van der Waals surface area contributed by atoms with Crippen molar-refractivity contribution in [1.29, 1.82) is 0 Å². The second kappa shape index (κ2) is 6.79. The zero-order valence-electron chi connectivity index (χ0n) is 10.6. The molecule has 2 aromatic carbocycles. The number of nitrogen functional groups attached to an aromatic ring is 2. The van der Waals surface area contributed by atoms with Crippen LogP contribution in [0.2, 0.25) is 0 Å². The van der Waals surface area contributed by atoms with Crippen molar-refractivity contribution < 1.29 is 14.7 Å². The number of hydrogen-bond donors (Lipinski definition) is 4. The summed E-state index contributed by atoms with van der Waals surface area (Å²) >= 11 is 0. The number of carboxylic acid groups (broad SMARTS) is 1. The first kappa shape index (κ1) is 15.0. The molecule has 0 heterocycles. The van der Waals surface area contributed by atoms with Crippen molar-refractivity contribution in [2.75, 3.05) is 11.5 Å². The Hall–Kier alpha value is -3.02. The lowest BCUT2D eigenvalue weighted by molar-refractivity contribution is 0.0698. The molecule has 1 amide bonds. The van der Waals surface area contributed by atoms with E-state index >= 15 is 0 Å². The second-order valence-corrected chi connectivity index (χ2v) is 3.84. The van der Waals surface area contributed by atoms with Gasteiger partial charge in [0.25, 0.3) is 5.91 Å². The smallest absolute Gasteiger partial charge is 0.337 e. The largest absolute Gasteiger partial charge is 0.478 e. The van der Waals surface area contributed by atoms with Gasteiger partial charge in [0.15, 0.2) is 0 Å². The molecule has 0 aliphatic heterocycles. The number of carboxylic acids is 1. The quantitative estimate of drug-likeness (QED) is 0.613. The van der Waals surface area contributed by atoms with Gasteiger partial charge in [0.1, 0.15) is 0 Å². The van der Waals surface area contributed by atoms with Crippen LogP contribution in [0.3, 0.4) is 0 Å². The van der Waals surface area contributed by atoms with Crippen LogP contribution in [-0.2, 0) is 0 Å². The highest BCUT2D eigenvalue weighted by Gasteiger charge is 2.04. The number of anilines is 2. The molecule has 0 aliphatic carbocycles. The molecule has 0 saturated carbocycles. The summed E-state index contributed by atoms with van der Waals surface area (Å²) in [5.74, 6) is -1.48. The van der Waals surface area contributed by atoms with Gasteiger partial charge in [0.05, 0.1) is 11.1 Å². The SMILES string of the molecule is NC(=O)c1ccccc1N.Nc1ccccc1C(=O)O. The van der Waals surface area contributed by atoms with E-state index in [0.29, 0.717) is 16.9 Å². The molecule has 6 nitrogen and oxygen atoms in total. The van der Waals surface area contributed by atoms with E-state index in [1.165, 1.54) is 6.07 Å². The normalized spacial score (nSPS) is 9.20. The van der Waals surface area contributed by atoms with Crippen molar-refractivity contribution in [1.82, 2.24) is 0 Å². The topological polar surface area (TPSA) is 132 Å². The Kier molecular flexibility index (Phi) is 5.11. The minimum atomic E-state index is -0.988. The van der Waals surface area contributed by atoms with Crippen LogP contribution in [0.5, 0.6) is 0 Å². The monoisotopic (exact) mass is 273 g/mol. The zero-order chi connectivity index (χ0) is 15.1. The number of rotatable bonds is 2. The van der Waals surface area contributed by atoms with Gasteiger partial charge < -0.3 is 22.3 Å². The number of carbonyl (C=O) groups excluding carboxylic acids is 1. The Morgan fingerprint density at radius 2 is 1.20 bits per heavy atom. The summed E-state index contributed by atoms with van der Waals surface area (Å²) in [6.45, 7) is 0. The highest BCUT2D eigenvalue weighted by molar-refractivity contribution is 5.97. The van der Waals surface area contributed by atoms with Gasteiger partial charge in [-0.2, -0.15) is 0 Å². The molecule has 104 valence electrons. The standard InChI is InChI=1S/C7H8N2O.C7H7NO2/c2*8-6-4-2-1-3-5(6)7(9)10/h1-4H,8H2,(H2,9,10);1-4H,8H2,(H,9,10). The first-order valence-corrected chi connectivity index (χ1v) is 5.65. The number of para-hydroxylation sites is 2. The van der Waals surface area contributed by atoms with Gasteiger partial charge in [0, 0.05) is 11.4 Å². The van der Waals surface area contributed by atoms with Crippen molar-refractivity contribution in [3.8, 4) is 0 Å². The summed E-state index contributed by atoms with van der Waals surface area (Å²) in [6, 6.07) is 13.1. The molecule has 6 heteroatoms. The Bertz CT molecular complexity index is 571. The van der Waals surface area contributed by atoms with Crippen LogP contribution >= 0.6 is 0 Å². The van der Waals surface area contributed by atoms with Crippen LogP contribution in [0.1, 0.15) is 20.7 Å². The number of primary amides is 1. The van der Waals surface area contributed by atoms with E-state index < -0.39 is 11.9 Å². The minimum Gasteiger partial charge on any atom is -0.478 e. The Morgan fingerprint density at radius 3 is 1.45 bits per heavy atom. The average molecular weight is 273 g/mol. The fourth-order valence-corrected chi connectivity index (χ4v) is 1.41. The number of nitrogens with two attached hydrogens (primary N) is 3. The summed E-state index contributed by atoms with van der Waals surface area (Å²) < 4.78 is 0. The van der Waals surface area contributed by atoms with Crippen LogP contribution in [0.4, 0.5) is 11.4 Å². The van der Waals surface area contributed by atoms with Gasteiger partial charge in [-0.05, 0) is 24.3 Å². The van der Waals surface area contributed by atoms with E-state index in [2.05, 4.69) is 0 Å². The number of aromatic carboxylic acids is 1. The highest BCUT2D eigenvalue weighted by atomic mass is 16.4.